The lowest BCUT2D eigenvalue weighted by atomic mass is 9.93. The zero-order valence-corrected chi connectivity index (χ0v) is 17.4. The van der Waals surface area contributed by atoms with Crippen LogP contribution in [0, 0.1) is 5.92 Å². The summed E-state index contributed by atoms with van der Waals surface area (Å²) in [5.74, 6) is 0.777. The maximum Gasteiger partial charge on any atom is 0.154 e. The highest BCUT2D eigenvalue weighted by molar-refractivity contribution is 5.65. The lowest BCUT2D eigenvalue weighted by Gasteiger charge is -2.27. The summed E-state index contributed by atoms with van der Waals surface area (Å²) in [5.41, 5.74) is 5.83. The Labute approximate surface area is 175 Å². The number of aromatic nitrogens is 3. The molecule has 1 saturated heterocycles. The molecule has 1 saturated carbocycles. The van der Waals surface area contributed by atoms with Crippen molar-refractivity contribution in [1.29, 1.82) is 0 Å². The minimum absolute atomic E-state index is 0.0118. The van der Waals surface area contributed by atoms with Crippen molar-refractivity contribution in [2.45, 2.75) is 82.1 Å². The topological polar surface area (TPSA) is 135 Å². The molecule has 1 aliphatic heterocycles. The molecule has 2 aromatic rings. The molecular weight excluding hydrogens is 388 g/mol. The van der Waals surface area contributed by atoms with E-state index in [-0.39, 0.29) is 6.61 Å². The van der Waals surface area contributed by atoms with E-state index >= 15 is 0 Å². The molecule has 1 unspecified atom stereocenters. The van der Waals surface area contributed by atoms with E-state index < -0.39 is 30.2 Å². The van der Waals surface area contributed by atoms with Crippen LogP contribution in [0.1, 0.15) is 57.6 Å². The highest BCUT2D eigenvalue weighted by Gasteiger charge is 2.53. The fourth-order valence-electron chi connectivity index (χ4n) is 4.81. The Morgan fingerprint density at radius 2 is 2.00 bits per heavy atom. The van der Waals surface area contributed by atoms with Crippen molar-refractivity contribution in [3.05, 3.63) is 24.2 Å². The summed E-state index contributed by atoms with van der Waals surface area (Å²) in [5, 5.41) is 35.9. The van der Waals surface area contributed by atoms with Crippen molar-refractivity contribution in [2.75, 3.05) is 12.3 Å². The van der Waals surface area contributed by atoms with Crippen LogP contribution in [0.25, 0.3) is 5.52 Å². The van der Waals surface area contributed by atoms with Gasteiger partial charge in [0.15, 0.2) is 12.1 Å². The number of ether oxygens (including phenoxy) is 2. The van der Waals surface area contributed by atoms with Crippen LogP contribution in [0.15, 0.2) is 18.5 Å². The fourth-order valence-corrected chi connectivity index (χ4v) is 4.81. The monoisotopic (exact) mass is 420 g/mol. The second kappa shape index (κ2) is 8.76. The first-order valence-corrected chi connectivity index (χ1v) is 10.8. The van der Waals surface area contributed by atoms with Gasteiger partial charge >= 0.3 is 0 Å². The van der Waals surface area contributed by atoms with Crippen LogP contribution in [0.4, 0.5) is 5.82 Å². The number of nitrogen functional groups attached to an aromatic ring is 1. The third kappa shape index (κ3) is 4.04. The largest absolute Gasteiger partial charge is 0.387 e. The van der Waals surface area contributed by atoms with Gasteiger partial charge in [0.05, 0.1) is 12.3 Å². The van der Waals surface area contributed by atoms with Gasteiger partial charge in [-0.2, -0.15) is 5.10 Å². The van der Waals surface area contributed by atoms with Crippen molar-refractivity contribution in [2.24, 2.45) is 5.92 Å². The molecule has 0 aromatic carbocycles. The molecular formula is C21H32N4O5. The summed E-state index contributed by atoms with van der Waals surface area (Å²) in [6.45, 7) is 1.69. The Bertz CT molecular complexity index is 853. The maximum absolute atomic E-state index is 10.8. The van der Waals surface area contributed by atoms with E-state index in [1.165, 1.54) is 32.0 Å². The van der Waals surface area contributed by atoms with Gasteiger partial charge in [-0.05, 0) is 25.0 Å². The Morgan fingerprint density at radius 1 is 1.27 bits per heavy atom. The first-order valence-electron chi connectivity index (χ1n) is 10.8. The maximum atomic E-state index is 10.8. The summed E-state index contributed by atoms with van der Waals surface area (Å²) in [6, 6.07) is 3.50. The molecule has 9 nitrogen and oxygen atoms in total. The normalized spacial score (nSPS) is 31.8. The fraction of sp³-hybridized carbons (Fsp3) is 0.714. The van der Waals surface area contributed by atoms with Gasteiger partial charge in [-0.25, -0.2) is 9.50 Å². The summed E-state index contributed by atoms with van der Waals surface area (Å²) >= 11 is 0. The van der Waals surface area contributed by atoms with E-state index in [2.05, 4.69) is 10.1 Å². The van der Waals surface area contributed by atoms with Crippen LogP contribution in [-0.4, -0.2) is 61.1 Å². The molecule has 166 valence electrons. The third-order valence-corrected chi connectivity index (χ3v) is 6.62. The lowest BCUT2D eigenvalue weighted by molar-refractivity contribution is -0.157. The van der Waals surface area contributed by atoms with Gasteiger partial charge in [-0.15, -0.1) is 0 Å². The molecule has 2 aliphatic rings. The molecule has 5 N–H and O–H groups in total. The summed E-state index contributed by atoms with van der Waals surface area (Å²) in [6.07, 6.45) is 5.03. The minimum Gasteiger partial charge on any atom is -0.387 e. The molecule has 0 amide bonds. The molecule has 1 aliphatic carbocycles. The van der Waals surface area contributed by atoms with E-state index in [4.69, 9.17) is 15.2 Å². The zero-order chi connectivity index (χ0) is 21.3. The standard InChI is InChI=1S/C21H32N4O5/c1-21(16-9-8-14-20(22)23-12-24-25(14)16)19(28)18(27)15(30-21)11-29-17(26)10-13-6-4-2-3-5-7-13/h8-9,12-13,15,17-19,26-28H,2-7,10-11H2,1H3,(H2,22,23,24)/t15-,17?,18-,19-,21+/m1/s1. The molecule has 0 radical (unpaired) electrons. The van der Waals surface area contributed by atoms with Crippen molar-refractivity contribution in [3.63, 3.8) is 0 Å². The van der Waals surface area contributed by atoms with E-state index in [0.29, 0.717) is 29.4 Å². The highest BCUT2D eigenvalue weighted by atomic mass is 16.6. The number of aliphatic hydroxyl groups is 3. The SMILES string of the molecule is C[C@@]1(c2ccc3c(N)ncnn23)O[C@H](COC(O)CC2CCCCCC2)[C@@H](O)[C@H]1O. The van der Waals surface area contributed by atoms with E-state index in [9.17, 15) is 15.3 Å². The third-order valence-electron chi connectivity index (χ3n) is 6.62. The number of anilines is 1. The van der Waals surface area contributed by atoms with Crippen molar-refractivity contribution >= 4 is 11.3 Å². The zero-order valence-electron chi connectivity index (χ0n) is 17.4. The van der Waals surface area contributed by atoms with Crippen molar-refractivity contribution < 1.29 is 24.8 Å². The first-order chi connectivity index (χ1) is 14.4. The molecule has 30 heavy (non-hydrogen) atoms. The van der Waals surface area contributed by atoms with Crippen LogP contribution in [0.2, 0.25) is 0 Å². The van der Waals surface area contributed by atoms with Gasteiger partial charge < -0.3 is 30.5 Å². The molecule has 9 heteroatoms. The lowest BCUT2D eigenvalue weighted by Crippen LogP contribution is -2.39. The van der Waals surface area contributed by atoms with Crippen LogP contribution in [-0.2, 0) is 15.1 Å². The molecule has 2 aromatic heterocycles. The average Bonchev–Trinajstić information content (AvgIpc) is 3.13. The van der Waals surface area contributed by atoms with Crippen LogP contribution >= 0.6 is 0 Å². The van der Waals surface area contributed by atoms with Gasteiger partial charge in [0.25, 0.3) is 0 Å². The molecule has 4 rings (SSSR count). The van der Waals surface area contributed by atoms with Crippen LogP contribution < -0.4 is 5.73 Å². The Kier molecular flexibility index (Phi) is 6.26. The molecule has 2 fully saturated rings. The number of hydrogen-bond donors (Lipinski definition) is 4. The summed E-state index contributed by atoms with van der Waals surface area (Å²) in [4.78, 5) is 3.97. The summed E-state index contributed by atoms with van der Waals surface area (Å²) < 4.78 is 13.2. The van der Waals surface area contributed by atoms with E-state index in [1.807, 2.05) is 0 Å². The van der Waals surface area contributed by atoms with Crippen LogP contribution in [0.3, 0.4) is 0 Å². The molecule has 0 bridgehead atoms. The number of aliphatic hydroxyl groups excluding tert-OH is 3. The number of fused-ring (bicyclic) bond motifs is 1. The highest BCUT2D eigenvalue weighted by Crippen LogP contribution is 2.40. The van der Waals surface area contributed by atoms with E-state index in [1.54, 1.807) is 23.6 Å². The number of rotatable bonds is 6. The van der Waals surface area contributed by atoms with Crippen molar-refractivity contribution in [1.82, 2.24) is 14.6 Å². The number of nitrogens with two attached hydrogens (primary N) is 1. The van der Waals surface area contributed by atoms with E-state index in [0.717, 1.165) is 12.8 Å². The second-order valence-corrected chi connectivity index (χ2v) is 8.74. The second-order valence-electron chi connectivity index (χ2n) is 8.74. The Hall–Kier alpha value is -1.78. The summed E-state index contributed by atoms with van der Waals surface area (Å²) in [7, 11) is 0. The van der Waals surface area contributed by atoms with Gasteiger partial charge in [0.2, 0.25) is 0 Å². The molecule has 0 spiro atoms. The Balaban J connectivity index is 1.41. The quantitative estimate of drug-likeness (QED) is 0.406. The predicted molar refractivity (Wildman–Crippen MR) is 109 cm³/mol. The average molecular weight is 421 g/mol. The minimum atomic E-state index is -1.22. The molecule has 3 heterocycles. The van der Waals surface area contributed by atoms with Crippen molar-refractivity contribution in [3.8, 4) is 0 Å². The molecule has 5 atom stereocenters. The number of nitrogens with zero attached hydrogens (tertiary/aromatic N) is 3. The number of hydrogen-bond acceptors (Lipinski definition) is 8. The van der Waals surface area contributed by atoms with Gasteiger partial charge in [0.1, 0.15) is 35.8 Å². The van der Waals surface area contributed by atoms with Gasteiger partial charge in [-0.3, -0.25) is 0 Å². The van der Waals surface area contributed by atoms with Crippen LogP contribution in [0.5, 0.6) is 0 Å². The smallest absolute Gasteiger partial charge is 0.154 e. The Morgan fingerprint density at radius 3 is 2.73 bits per heavy atom. The van der Waals surface area contributed by atoms with Gasteiger partial charge in [0, 0.05) is 6.42 Å². The first kappa shape index (κ1) is 21.5. The van der Waals surface area contributed by atoms with Gasteiger partial charge in [-0.1, -0.05) is 38.5 Å². The predicted octanol–water partition coefficient (Wildman–Crippen LogP) is 1.34.